The van der Waals surface area contributed by atoms with Crippen molar-refractivity contribution in [2.75, 3.05) is 24.5 Å². The van der Waals surface area contributed by atoms with E-state index in [2.05, 4.69) is 33.9 Å². The maximum Gasteiger partial charge on any atom is 0.335 e. The molecule has 3 aromatic rings. The third-order valence-electron chi connectivity index (χ3n) is 6.95. The van der Waals surface area contributed by atoms with Crippen molar-refractivity contribution in [2.45, 2.75) is 70.8 Å². The van der Waals surface area contributed by atoms with E-state index >= 15 is 0 Å². The summed E-state index contributed by atoms with van der Waals surface area (Å²) in [6.07, 6.45) is 0.741. The number of nitrogens with one attached hydrogen (secondary N) is 2. The molecule has 0 saturated carbocycles. The Bertz CT molecular complexity index is 1550. The molecule has 4 rings (SSSR count). The molecule has 240 valence electrons. The summed E-state index contributed by atoms with van der Waals surface area (Å²) in [6.45, 7) is 13.3. The van der Waals surface area contributed by atoms with E-state index in [4.69, 9.17) is 14.2 Å². The van der Waals surface area contributed by atoms with Gasteiger partial charge in [0, 0.05) is 24.2 Å². The molecule has 1 aliphatic heterocycles. The van der Waals surface area contributed by atoms with Gasteiger partial charge in [0.05, 0.1) is 28.9 Å². The minimum Gasteiger partial charge on any atom is -0.478 e. The first-order valence-corrected chi connectivity index (χ1v) is 15.7. The van der Waals surface area contributed by atoms with Crippen LogP contribution in [0.25, 0.3) is 11.3 Å². The van der Waals surface area contributed by atoms with Crippen LogP contribution >= 0.6 is 12.4 Å². The fraction of sp³-hybridized carbons (Fsp3) is 0.452. The van der Waals surface area contributed by atoms with E-state index in [0.29, 0.717) is 24.8 Å². The number of carbonyl (C=O) groups is 1. The second-order valence-corrected chi connectivity index (χ2v) is 13.3. The summed E-state index contributed by atoms with van der Waals surface area (Å²) in [6, 6.07) is 12.6. The zero-order valence-electron chi connectivity index (χ0n) is 25.8. The first-order valence-electron chi connectivity index (χ1n) is 14.2. The highest BCUT2D eigenvalue weighted by atomic mass is 35.5. The van der Waals surface area contributed by atoms with Crippen LogP contribution in [0.5, 0.6) is 5.88 Å². The van der Waals surface area contributed by atoms with Crippen LogP contribution in [-0.4, -0.2) is 67.2 Å². The number of sulfonamides is 1. The minimum atomic E-state index is -4.21. The number of halogens is 1. The van der Waals surface area contributed by atoms with Gasteiger partial charge in [0.2, 0.25) is 11.8 Å². The number of aromatic nitrogens is 2. The van der Waals surface area contributed by atoms with Crippen LogP contribution < -0.4 is 14.8 Å². The van der Waals surface area contributed by atoms with E-state index in [1.54, 1.807) is 6.07 Å². The van der Waals surface area contributed by atoms with Gasteiger partial charge in [-0.05, 0) is 69.4 Å². The van der Waals surface area contributed by atoms with E-state index in [1.165, 1.54) is 18.2 Å². The monoisotopic (exact) mass is 648 g/mol. The van der Waals surface area contributed by atoms with Gasteiger partial charge in [0.1, 0.15) is 6.61 Å². The molecule has 1 aromatic heterocycles. The summed E-state index contributed by atoms with van der Waals surface area (Å²) < 4.78 is 46.7. The summed E-state index contributed by atoms with van der Waals surface area (Å²) in [5.41, 5.74) is 3.08. The van der Waals surface area contributed by atoms with Crippen molar-refractivity contribution in [3.05, 3.63) is 65.2 Å². The average molecular weight is 649 g/mol. The lowest BCUT2D eigenvalue weighted by Gasteiger charge is -2.23. The number of anilines is 1. The van der Waals surface area contributed by atoms with Crippen LogP contribution in [0, 0.1) is 19.8 Å². The second kappa shape index (κ2) is 14.7. The van der Waals surface area contributed by atoms with E-state index in [-0.39, 0.29) is 53.4 Å². The number of nitrogens with zero attached hydrogens (tertiary/aromatic N) is 2. The van der Waals surface area contributed by atoms with Crippen molar-refractivity contribution >= 4 is 34.3 Å². The smallest absolute Gasteiger partial charge is 0.335 e. The Hall–Kier alpha value is -3.29. The molecule has 2 aromatic carbocycles. The van der Waals surface area contributed by atoms with Crippen LogP contribution in [0.15, 0.2) is 53.4 Å². The molecule has 0 radical (unpaired) electrons. The zero-order chi connectivity index (χ0) is 31.4. The molecule has 0 spiro atoms. The molecule has 13 heteroatoms. The van der Waals surface area contributed by atoms with Crippen molar-refractivity contribution in [2.24, 2.45) is 5.92 Å². The van der Waals surface area contributed by atoms with Gasteiger partial charge in [-0.2, -0.15) is 4.98 Å². The van der Waals surface area contributed by atoms with Gasteiger partial charge < -0.3 is 24.6 Å². The van der Waals surface area contributed by atoms with E-state index < -0.39 is 21.8 Å². The summed E-state index contributed by atoms with van der Waals surface area (Å²) in [4.78, 5) is 20.1. The predicted octanol–water partition coefficient (Wildman–Crippen LogP) is 5.22. The number of aryl methyl sites for hydroxylation is 2. The van der Waals surface area contributed by atoms with Crippen LogP contribution in [0.2, 0.25) is 0 Å². The second-order valence-electron chi connectivity index (χ2n) is 11.6. The molecule has 2 heterocycles. The number of rotatable bonds is 13. The molecule has 2 atom stereocenters. The van der Waals surface area contributed by atoms with Crippen molar-refractivity contribution in [3.63, 3.8) is 0 Å². The van der Waals surface area contributed by atoms with Gasteiger partial charge in [0.15, 0.2) is 5.79 Å². The Labute approximate surface area is 265 Å². The van der Waals surface area contributed by atoms with Crippen LogP contribution in [0.3, 0.4) is 0 Å². The lowest BCUT2D eigenvalue weighted by atomic mass is 10.00. The maximum absolute atomic E-state index is 13.3. The van der Waals surface area contributed by atoms with Gasteiger partial charge in [-0.1, -0.05) is 38.1 Å². The van der Waals surface area contributed by atoms with E-state index in [9.17, 15) is 18.3 Å². The fourth-order valence-electron chi connectivity index (χ4n) is 4.99. The molecule has 0 bridgehead atoms. The molecule has 0 aliphatic carbocycles. The van der Waals surface area contributed by atoms with Crippen LogP contribution in [0.1, 0.15) is 55.6 Å². The predicted molar refractivity (Wildman–Crippen MR) is 170 cm³/mol. The van der Waals surface area contributed by atoms with Gasteiger partial charge in [-0.15, -0.1) is 12.4 Å². The topological polar surface area (TPSA) is 149 Å². The van der Waals surface area contributed by atoms with Gasteiger partial charge >= 0.3 is 5.97 Å². The van der Waals surface area contributed by atoms with Crippen LogP contribution in [-0.2, 0) is 19.5 Å². The standard InChI is InChI=1S/C31H40N4O7S.ClH/c1-19(2)13-23(32-16-24-18-41-31(5,6)42-24)17-40-27-15-26(28-20(3)9-7-10-21(28)4)33-30(34-27)35-43(38,39)25-12-8-11-22(14-25)29(36)37;/h7-12,14-15,19,23-24,32H,13,16-18H2,1-6H3,(H,36,37)(H,33,34,35);1H/t23-,24+;/m1./s1. The third-order valence-corrected chi connectivity index (χ3v) is 8.27. The molecular formula is C31H41ClN4O7S. The zero-order valence-corrected chi connectivity index (χ0v) is 27.4. The molecule has 3 N–H and O–H groups in total. The van der Waals surface area contributed by atoms with Gasteiger partial charge in [-0.3, -0.25) is 0 Å². The SMILES string of the molecule is Cc1cccc(C)c1-c1cc(OC[C@@H](CC(C)C)NC[C@H]2COC(C)(C)O2)nc(NS(=O)(=O)c2cccc(C(=O)O)c2)n1.Cl. The number of benzene rings is 2. The Balaban J connectivity index is 0.00000529. The Morgan fingerprint density at radius 3 is 2.41 bits per heavy atom. The van der Waals surface area contributed by atoms with E-state index in [0.717, 1.165) is 29.2 Å². The number of hydrogen-bond acceptors (Lipinski definition) is 9. The minimum absolute atomic E-state index is 0. The van der Waals surface area contributed by atoms with Gasteiger partial charge in [0.25, 0.3) is 10.0 Å². The first-order chi connectivity index (χ1) is 20.2. The molecular weight excluding hydrogens is 608 g/mol. The van der Waals surface area contributed by atoms with Crippen molar-refractivity contribution in [1.29, 1.82) is 0 Å². The number of ether oxygens (including phenoxy) is 3. The largest absolute Gasteiger partial charge is 0.478 e. The highest BCUT2D eigenvalue weighted by molar-refractivity contribution is 7.92. The lowest BCUT2D eigenvalue weighted by molar-refractivity contribution is -0.138. The normalized spacial score (nSPS) is 16.8. The number of hydrogen-bond donors (Lipinski definition) is 3. The molecule has 11 nitrogen and oxygen atoms in total. The van der Waals surface area contributed by atoms with Crippen molar-refractivity contribution < 1.29 is 32.5 Å². The Morgan fingerprint density at radius 1 is 1.11 bits per heavy atom. The Morgan fingerprint density at radius 2 is 1.80 bits per heavy atom. The summed E-state index contributed by atoms with van der Waals surface area (Å²) in [7, 11) is -4.21. The summed E-state index contributed by atoms with van der Waals surface area (Å²) in [5, 5.41) is 12.8. The molecule has 1 fully saturated rings. The molecule has 1 saturated heterocycles. The molecule has 44 heavy (non-hydrogen) atoms. The lowest BCUT2D eigenvalue weighted by Crippen LogP contribution is -2.41. The summed E-state index contributed by atoms with van der Waals surface area (Å²) >= 11 is 0. The fourth-order valence-corrected chi connectivity index (χ4v) is 5.98. The number of carboxylic acids is 1. The molecule has 1 aliphatic rings. The van der Waals surface area contributed by atoms with Gasteiger partial charge in [-0.25, -0.2) is 22.9 Å². The molecule has 0 amide bonds. The van der Waals surface area contributed by atoms with E-state index in [1.807, 2.05) is 45.9 Å². The highest BCUT2D eigenvalue weighted by Crippen LogP contribution is 2.30. The molecule has 0 unspecified atom stereocenters. The van der Waals surface area contributed by atoms with Crippen molar-refractivity contribution in [3.8, 4) is 17.1 Å². The third kappa shape index (κ3) is 9.35. The highest BCUT2D eigenvalue weighted by Gasteiger charge is 2.32. The number of carboxylic acid groups (broad SMARTS) is 1. The van der Waals surface area contributed by atoms with Crippen LogP contribution in [0.4, 0.5) is 5.95 Å². The quantitative estimate of drug-likeness (QED) is 0.225. The summed E-state index contributed by atoms with van der Waals surface area (Å²) in [5.74, 6) is -1.45. The average Bonchev–Trinajstić information content (AvgIpc) is 3.28. The first kappa shape index (κ1) is 35.2. The van der Waals surface area contributed by atoms with Crippen molar-refractivity contribution in [1.82, 2.24) is 15.3 Å². The maximum atomic E-state index is 13.3. The number of aromatic carboxylic acids is 1. The Kier molecular flexibility index (Phi) is 11.7.